The summed E-state index contributed by atoms with van der Waals surface area (Å²) in [6.07, 6.45) is 0. The Morgan fingerprint density at radius 2 is 2.04 bits per heavy atom. The summed E-state index contributed by atoms with van der Waals surface area (Å²) >= 11 is 6.11. The summed E-state index contributed by atoms with van der Waals surface area (Å²) in [5.74, 6) is -0.323. The van der Waals surface area contributed by atoms with Gasteiger partial charge >= 0.3 is 0 Å². The summed E-state index contributed by atoms with van der Waals surface area (Å²) in [5, 5.41) is 0.557. The fourth-order valence-corrected chi connectivity index (χ4v) is 2.56. The minimum atomic E-state index is -0.323. The lowest BCUT2D eigenvalue weighted by molar-refractivity contribution is 0.104. The van der Waals surface area contributed by atoms with Gasteiger partial charge in [0, 0.05) is 16.1 Å². The molecule has 0 radical (unpaired) electrons. The summed E-state index contributed by atoms with van der Waals surface area (Å²) in [5.41, 5.74) is 5.96. The van der Waals surface area contributed by atoms with E-state index in [0.717, 1.165) is 11.3 Å². The molecule has 1 heterocycles. The quantitative estimate of drug-likeness (QED) is 0.871. The van der Waals surface area contributed by atoms with Gasteiger partial charge in [0.25, 0.3) is 0 Å². The molecule has 0 atom stereocenters. The van der Waals surface area contributed by atoms with E-state index in [1.807, 2.05) is 6.07 Å². The SMILES string of the molecule is CONCC1=Nc2ccc(Cl)cc2C(c2ccccc2F)=NC1. The normalized spacial score (nSPS) is 13.9. The maximum Gasteiger partial charge on any atom is 0.132 e. The number of fused-ring (bicyclic) bond motifs is 1. The Morgan fingerprint density at radius 3 is 2.83 bits per heavy atom. The highest BCUT2D eigenvalue weighted by Crippen LogP contribution is 2.29. The molecule has 0 amide bonds. The Hall–Kier alpha value is -2.08. The molecule has 0 spiro atoms. The van der Waals surface area contributed by atoms with Crippen molar-refractivity contribution in [3.8, 4) is 0 Å². The molecule has 23 heavy (non-hydrogen) atoms. The van der Waals surface area contributed by atoms with Crippen LogP contribution in [0.15, 0.2) is 52.4 Å². The van der Waals surface area contributed by atoms with E-state index in [9.17, 15) is 4.39 Å². The van der Waals surface area contributed by atoms with Crippen LogP contribution in [0, 0.1) is 5.82 Å². The molecule has 0 fully saturated rings. The van der Waals surface area contributed by atoms with Gasteiger partial charge in [-0.2, -0.15) is 5.48 Å². The highest BCUT2D eigenvalue weighted by Gasteiger charge is 2.18. The minimum absolute atomic E-state index is 0.323. The van der Waals surface area contributed by atoms with Crippen molar-refractivity contribution in [2.24, 2.45) is 9.98 Å². The summed E-state index contributed by atoms with van der Waals surface area (Å²) in [6.45, 7) is 0.791. The van der Waals surface area contributed by atoms with Crippen molar-refractivity contribution in [2.75, 3.05) is 20.2 Å². The average Bonchev–Trinajstić information content (AvgIpc) is 2.72. The van der Waals surface area contributed by atoms with Gasteiger partial charge in [0.15, 0.2) is 0 Å². The standard InChI is InChI=1S/C17H15ClFN3O/c1-23-21-10-12-9-20-17(13-4-2-3-5-15(13)19)14-8-11(18)6-7-16(14)22-12/h2-8,21H,9-10H2,1H3. The van der Waals surface area contributed by atoms with Crippen LogP contribution in [0.1, 0.15) is 11.1 Å². The van der Waals surface area contributed by atoms with Crippen LogP contribution in [0.2, 0.25) is 5.02 Å². The molecule has 0 aromatic heterocycles. The molecule has 0 unspecified atom stereocenters. The zero-order chi connectivity index (χ0) is 16.2. The van der Waals surface area contributed by atoms with Gasteiger partial charge in [-0.3, -0.25) is 9.98 Å². The molecule has 1 aliphatic heterocycles. The van der Waals surface area contributed by atoms with Crippen LogP contribution in [0.3, 0.4) is 0 Å². The average molecular weight is 332 g/mol. The Balaban J connectivity index is 2.11. The summed E-state index contributed by atoms with van der Waals surface area (Å²) < 4.78 is 14.2. The monoisotopic (exact) mass is 331 g/mol. The molecule has 2 aromatic carbocycles. The predicted octanol–water partition coefficient (Wildman–Crippen LogP) is 3.55. The van der Waals surface area contributed by atoms with E-state index in [4.69, 9.17) is 16.4 Å². The first kappa shape index (κ1) is 15.8. The lowest BCUT2D eigenvalue weighted by Gasteiger charge is -2.09. The maximum atomic E-state index is 14.2. The van der Waals surface area contributed by atoms with Gasteiger partial charge in [-0.05, 0) is 30.3 Å². The van der Waals surface area contributed by atoms with Gasteiger partial charge in [-0.1, -0.05) is 23.7 Å². The molecule has 3 rings (SSSR count). The van der Waals surface area contributed by atoms with E-state index in [2.05, 4.69) is 15.5 Å². The Kier molecular flexibility index (Phi) is 4.81. The van der Waals surface area contributed by atoms with Gasteiger partial charge in [0.1, 0.15) is 5.82 Å². The van der Waals surface area contributed by atoms with E-state index in [1.54, 1.807) is 37.4 Å². The number of hydroxylamine groups is 1. The van der Waals surface area contributed by atoms with E-state index in [0.29, 0.717) is 35.1 Å². The second-order valence-electron chi connectivity index (χ2n) is 5.01. The summed E-state index contributed by atoms with van der Waals surface area (Å²) in [7, 11) is 1.54. The third kappa shape index (κ3) is 3.47. The fourth-order valence-electron chi connectivity index (χ4n) is 2.39. The number of nitrogens with zero attached hydrogens (tertiary/aromatic N) is 2. The van der Waals surface area contributed by atoms with Gasteiger partial charge in [-0.25, -0.2) is 4.39 Å². The number of halogens is 2. The fraction of sp³-hybridized carbons (Fsp3) is 0.176. The number of aliphatic imine (C=N–C) groups is 2. The first-order valence-electron chi connectivity index (χ1n) is 7.10. The lowest BCUT2D eigenvalue weighted by Crippen LogP contribution is -2.23. The molecule has 0 saturated carbocycles. The largest absolute Gasteiger partial charge is 0.305 e. The molecule has 4 nitrogen and oxygen atoms in total. The van der Waals surface area contributed by atoms with Crippen LogP contribution in [0.4, 0.5) is 10.1 Å². The maximum absolute atomic E-state index is 14.2. The summed E-state index contributed by atoms with van der Waals surface area (Å²) in [6, 6.07) is 11.9. The predicted molar refractivity (Wildman–Crippen MR) is 90.5 cm³/mol. The minimum Gasteiger partial charge on any atom is -0.305 e. The third-order valence-corrected chi connectivity index (χ3v) is 3.70. The molecule has 6 heteroatoms. The number of hydrogen-bond donors (Lipinski definition) is 1. The number of nitrogens with one attached hydrogen (secondary N) is 1. The van der Waals surface area contributed by atoms with E-state index in [-0.39, 0.29) is 5.82 Å². The van der Waals surface area contributed by atoms with Crippen molar-refractivity contribution in [1.82, 2.24) is 5.48 Å². The molecule has 2 aromatic rings. The smallest absolute Gasteiger partial charge is 0.132 e. The van der Waals surface area contributed by atoms with E-state index >= 15 is 0 Å². The molecule has 0 bridgehead atoms. The van der Waals surface area contributed by atoms with Crippen molar-refractivity contribution in [3.63, 3.8) is 0 Å². The molecule has 1 N–H and O–H groups in total. The van der Waals surface area contributed by atoms with Gasteiger partial charge < -0.3 is 4.84 Å². The van der Waals surface area contributed by atoms with Crippen molar-refractivity contribution in [2.45, 2.75) is 0 Å². The Labute approximate surface area is 138 Å². The molecular formula is C17H15ClFN3O. The first-order valence-corrected chi connectivity index (χ1v) is 7.48. The molecule has 118 valence electrons. The summed E-state index contributed by atoms with van der Waals surface area (Å²) in [4.78, 5) is 14.0. The van der Waals surface area contributed by atoms with Crippen molar-refractivity contribution >= 4 is 28.7 Å². The molecule has 0 aliphatic carbocycles. The van der Waals surface area contributed by atoms with Crippen molar-refractivity contribution < 1.29 is 9.23 Å². The molecule has 1 aliphatic rings. The van der Waals surface area contributed by atoms with E-state index in [1.165, 1.54) is 6.07 Å². The van der Waals surface area contributed by atoms with Gasteiger partial charge in [0.2, 0.25) is 0 Å². The van der Waals surface area contributed by atoms with Crippen LogP contribution in [0.5, 0.6) is 0 Å². The van der Waals surface area contributed by atoms with E-state index < -0.39 is 0 Å². The second kappa shape index (κ2) is 7.00. The highest BCUT2D eigenvalue weighted by atomic mass is 35.5. The van der Waals surface area contributed by atoms with Crippen molar-refractivity contribution in [3.05, 3.63) is 64.4 Å². The first-order chi connectivity index (χ1) is 11.2. The number of benzene rings is 2. The van der Waals surface area contributed by atoms with Crippen LogP contribution in [-0.4, -0.2) is 31.6 Å². The van der Waals surface area contributed by atoms with Crippen LogP contribution in [-0.2, 0) is 4.84 Å². The van der Waals surface area contributed by atoms with Gasteiger partial charge in [-0.15, -0.1) is 0 Å². The van der Waals surface area contributed by atoms with Gasteiger partial charge in [0.05, 0.1) is 37.3 Å². The van der Waals surface area contributed by atoms with Crippen molar-refractivity contribution in [1.29, 1.82) is 0 Å². The van der Waals surface area contributed by atoms with Crippen LogP contribution >= 0.6 is 11.6 Å². The molecule has 0 saturated heterocycles. The number of hydrogen-bond acceptors (Lipinski definition) is 4. The zero-order valence-corrected chi connectivity index (χ0v) is 13.3. The third-order valence-electron chi connectivity index (χ3n) is 3.46. The topological polar surface area (TPSA) is 46.0 Å². The zero-order valence-electron chi connectivity index (χ0n) is 12.5. The Bertz CT molecular complexity index is 789. The second-order valence-corrected chi connectivity index (χ2v) is 5.45. The molecular weight excluding hydrogens is 317 g/mol. The lowest BCUT2D eigenvalue weighted by atomic mass is 10.0. The number of rotatable bonds is 4. The highest BCUT2D eigenvalue weighted by molar-refractivity contribution is 6.31. The van der Waals surface area contributed by atoms with Crippen LogP contribution < -0.4 is 5.48 Å². The Morgan fingerprint density at radius 1 is 1.22 bits per heavy atom. The van der Waals surface area contributed by atoms with Crippen LogP contribution in [0.25, 0.3) is 0 Å².